The molecular formula is C16H14F6N2O3S. The van der Waals surface area contributed by atoms with Crippen molar-refractivity contribution >= 4 is 15.7 Å². The zero-order valence-electron chi connectivity index (χ0n) is 14.1. The van der Waals surface area contributed by atoms with E-state index >= 15 is 0 Å². The highest BCUT2D eigenvalue weighted by Crippen LogP contribution is 2.37. The summed E-state index contributed by atoms with van der Waals surface area (Å²) in [5.74, 6) is -0.0343. The van der Waals surface area contributed by atoms with Crippen molar-refractivity contribution in [3.63, 3.8) is 0 Å². The zero-order valence-corrected chi connectivity index (χ0v) is 15.0. The van der Waals surface area contributed by atoms with Gasteiger partial charge < -0.3 is 10.1 Å². The van der Waals surface area contributed by atoms with Crippen molar-refractivity contribution in [2.24, 2.45) is 5.14 Å². The number of hydrogen-bond acceptors (Lipinski definition) is 4. The molecule has 2 aromatic rings. The largest absolute Gasteiger partial charge is 0.497 e. The average Bonchev–Trinajstić information content (AvgIpc) is 2.57. The molecule has 0 heterocycles. The smallest absolute Gasteiger partial charge is 0.417 e. The third-order valence-corrected chi connectivity index (χ3v) is 4.67. The van der Waals surface area contributed by atoms with Crippen molar-refractivity contribution in [3.8, 4) is 5.75 Å². The first-order chi connectivity index (χ1) is 12.7. The molecular weight excluding hydrogens is 414 g/mol. The molecule has 154 valence electrons. The number of rotatable bonds is 5. The molecule has 0 spiro atoms. The predicted molar refractivity (Wildman–Crippen MR) is 88.1 cm³/mol. The summed E-state index contributed by atoms with van der Waals surface area (Å²) < 4.78 is 106. The first-order valence-electron chi connectivity index (χ1n) is 7.45. The summed E-state index contributed by atoms with van der Waals surface area (Å²) in [6.45, 7) is -0.467. The molecule has 0 atom stereocenters. The van der Waals surface area contributed by atoms with Gasteiger partial charge in [-0.25, -0.2) is 13.6 Å². The topological polar surface area (TPSA) is 81.4 Å². The fraction of sp³-hybridized carbons (Fsp3) is 0.250. The molecule has 0 unspecified atom stereocenters. The van der Waals surface area contributed by atoms with Crippen LogP contribution in [-0.4, -0.2) is 15.5 Å². The van der Waals surface area contributed by atoms with Gasteiger partial charge in [0.1, 0.15) is 5.75 Å². The normalized spacial score (nSPS) is 12.7. The summed E-state index contributed by atoms with van der Waals surface area (Å²) in [6, 6.07) is 5.25. The highest BCUT2D eigenvalue weighted by atomic mass is 32.2. The van der Waals surface area contributed by atoms with Crippen LogP contribution in [0.25, 0.3) is 0 Å². The molecule has 0 radical (unpaired) electrons. The lowest BCUT2D eigenvalue weighted by Crippen LogP contribution is -2.19. The van der Waals surface area contributed by atoms with Gasteiger partial charge in [0.05, 0.1) is 23.1 Å². The molecule has 0 bridgehead atoms. The Hall–Kier alpha value is -2.47. The molecule has 0 saturated carbocycles. The highest BCUT2D eigenvalue weighted by Gasteiger charge is 2.37. The number of hydrogen-bond donors (Lipinski definition) is 2. The van der Waals surface area contributed by atoms with Crippen LogP contribution in [-0.2, 0) is 28.9 Å². The fourth-order valence-electron chi connectivity index (χ4n) is 2.41. The fourth-order valence-corrected chi connectivity index (χ4v) is 3.15. The molecule has 0 aliphatic heterocycles. The first-order valence-corrected chi connectivity index (χ1v) is 9.00. The molecule has 5 nitrogen and oxygen atoms in total. The zero-order chi connectivity index (χ0) is 21.3. The Labute approximate surface area is 156 Å². The van der Waals surface area contributed by atoms with Gasteiger partial charge in [-0.05, 0) is 35.9 Å². The summed E-state index contributed by atoms with van der Waals surface area (Å²) in [7, 11) is -3.45. The third-order valence-electron chi connectivity index (χ3n) is 3.70. The lowest BCUT2D eigenvalue weighted by molar-refractivity contribution is -0.140. The van der Waals surface area contributed by atoms with Gasteiger partial charge in [0.2, 0.25) is 10.0 Å². The van der Waals surface area contributed by atoms with E-state index in [4.69, 9.17) is 9.88 Å². The molecule has 0 aromatic heterocycles. The Morgan fingerprint density at radius 1 is 0.964 bits per heavy atom. The maximum atomic E-state index is 13.2. The molecule has 12 heteroatoms. The van der Waals surface area contributed by atoms with Crippen LogP contribution in [0, 0.1) is 0 Å². The number of anilines is 1. The molecule has 0 amide bonds. The van der Waals surface area contributed by atoms with E-state index in [2.05, 4.69) is 5.32 Å². The van der Waals surface area contributed by atoms with Crippen molar-refractivity contribution in [1.29, 1.82) is 0 Å². The van der Waals surface area contributed by atoms with E-state index in [0.717, 1.165) is 18.2 Å². The van der Waals surface area contributed by atoms with Gasteiger partial charge >= 0.3 is 12.4 Å². The van der Waals surface area contributed by atoms with Crippen LogP contribution in [0.15, 0.2) is 41.3 Å². The van der Waals surface area contributed by atoms with Crippen molar-refractivity contribution in [2.75, 3.05) is 12.4 Å². The van der Waals surface area contributed by atoms with Crippen LogP contribution in [0.2, 0.25) is 0 Å². The molecule has 0 fully saturated rings. The van der Waals surface area contributed by atoms with Gasteiger partial charge in [-0.15, -0.1) is 0 Å². The van der Waals surface area contributed by atoms with Gasteiger partial charge in [-0.2, -0.15) is 26.3 Å². The standard InChI is InChI=1S/C16H14F6N2O3S/c1-27-11-4-2-9(12(7-11)15(17,18)19)8-24-10-3-5-14(28(23,25)26)13(6-10)16(20,21)22/h2-7,24H,8H2,1H3,(H2,23,25,26). The van der Waals surface area contributed by atoms with Gasteiger partial charge in [-0.1, -0.05) is 6.07 Å². The maximum Gasteiger partial charge on any atom is 0.417 e. The van der Waals surface area contributed by atoms with E-state index in [1.54, 1.807) is 0 Å². The minimum Gasteiger partial charge on any atom is -0.497 e. The number of methoxy groups -OCH3 is 1. The van der Waals surface area contributed by atoms with E-state index in [1.165, 1.54) is 13.2 Å². The Morgan fingerprint density at radius 3 is 2.07 bits per heavy atom. The lowest BCUT2D eigenvalue weighted by atomic mass is 10.1. The van der Waals surface area contributed by atoms with Gasteiger partial charge in [0.25, 0.3) is 0 Å². The van der Waals surface area contributed by atoms with Crippen molar-refractivity contribution in [3.05, 3.63) is 53.1 Å². The summed E-state index contributed by atoms with van der Waals surface area (Å²) in [4.78, 5) is -1.13. The summed E-state index contributed by atoms with van der Waals surface area (Å²) in [5.41, 5.74) is -3.01. The lowest BCUT2D eigenvalue weighted by Gasteiger charge is -2.17. The second kappa shape index (κ2) is 7.51. The minimum absolute atomic E-state index is 0.0343. The number of nitrogens with two attached hydrogens (primary N) is 1. The quantitative estimate of drug-likeness (QED) is 0.706. The first kappa shape index (κ1) is 21.8. The molecule has 0 aliphatic rings. The number of nitrogens with one attached hydrogen (secondary N) is 1. The Kier molecular flexibility index (Phi) is 5.85. The predicted octanol–water partition coefficient (Wildman–Crippen LogP) is 3.99. The number of benzene rings is 2. The van der Waals surface area contributed by atoms with Crippen molar-refractivity contribution in [1.82, 2.24) is 0 Å². The van der Waals surface area contributed by atoms with Crippen LogP contribution in [0.1, 0.15) is 16.7 Å². The molecule has 28 heavy (non-hydrogen) atoms. The van der Waals surface area contributed by atoms with E-state index in [0.29, 0.717) is 12.1 Å². The average molecular weight is 428 g/mol. The number of ether oxygens (including phenoxy) is 1. The van der Waals surface area contributed by atoms with E-state index in [1.807, 2.05) is 0 Å². The monoisotopic (exact) mass is 428 g/mol. The molecule has 0 saturated heterocycles. The molecule has 2 rings (SSSR count). The third kappa shape index (κ3) is 5.07. The molecule has 3 N–H and O–H groups in total. The summed E-state index contributed by atoms with van der Waals surface area (Å²) in [6.07, 6.45) is -9.74. The van der Waals surface area contributed by atoms with Gasteiger partial charge in [0, 0.05) is 12.2 Å². The molecule has 0 aliphatic carbocycles. The van der Waals surface area contributed by atoms with Crippen molar-refractivity contribution < 1.29 is 39.5 Å². The SMILES string of the molecule is COc1ccc(CNc2ccc(S(N)(=O)=O)c(C(F)(F)F)c2)c(C(F)(F)F)c1. The van der Waals surface area contributed by atoms with Gasteiger partial charge in [-0.3, -0.25) is 0 Å². The van der Waals surface area contributed by atoms with Crippen molar-refractivity contribution in [2.45, 2.75) is 23.8 Å². The number of halogens is 6. The van der Waals surface area contributed by atoms with E-state index in [-0.39, 0.29) is 17.0 Å². The number of alkyl halides is 6. The number of sulfonamides is 1. The molecule has 2 aromatic carbocycles. The Balaban J connectivity index is 2.38. The summed E-state index contributed by atoms with van der Waals surface area (Å²) >= 11 is 0. The second-order valence-corrected chi connectivity index (χ2v) is 7.16. The maximum absolute atomic E-state index is 13.2. The van der Waals surface area contributed by atoms with Crippen LogP contribution in [0.3, 0.4) is 0 Å². The Morgan fingerprint density at radius 2 is 1.57 bits per heavy atom. The number of primary sulfonamides is 1. The van der Waals surface area contributed by atoms with E-state index < -0.39 is 44.9 Å². The van der Waals surface area contributed by atoms with Gasteiger partial charge in [0.15, 0.2) is 0 Å². The summed E-state index contributed by atoms with van der Waals surface area (Å²) in [5, 5.41) is 7.20. The highest BCUT2D eigenvalue weighted by molar-refractivity contribution is 7.89. The Bertz CT molecular complexity index is 971. The minimum atomic E-state index is -5.03. The van der Waals surface area contributed by atoms with Crippen LogP contribution >= 0.6 is 0 Å². The second-order valence-electron chi connectivity index (χ2n) is 5.63. The van der Waals surface area contributed by atoms with E-state index in [9.17, 15) is 34.8 Å². The van der Waals surface area contributed by atoms with Crippen LogP contribution in [0.5, 0.6) is 5.75 Å². The van der Waals surface area contributed by atoms with Crippen LogP contribution in [0.4, 0.5) is 32.0 Å². The van der Waals surface area contributed by atoms with Crippen LogP contribution < -0.4 is 15.2 Å².